The van der Waals surface area contributed by atoms with Crippen LogP contribution in [0.25, 0.3) is 11.0 Å². The van der Waals surface area contributed by atoms with Crippen LogP contribution in [0, 0.1) is 0 Å². The lowest BCUT2D eigenvalue weighted by atomic mass is 10.1. The van der Waals surface area contributed by atoms with Crippen molar-refractivity contribution in [1.82, 2.24) is 20.0 Å². The van der Waals surface area contributed by atoms with Crippen LogP contribution in [-0.2, 0) is 16.4 Å². The van der Waals surface area contributed by atoms with Gasteiger partial charge < -0.3 is 9.05 Å². The number of hydrogen-bond acceptors (Lipinski definition) is 7. The molecule has 1 aliphatic rings. The average Bonchev–Trinajstić information content (AvgIpc) is 3.38. The number of aromatic nitrogens is 3. The van der Waals surface area contributed by atoms with E-state index in [1.807, 2.05) is 18.2 Å². The molecule has 2 aromatic heterocycles. The van der Waals surface area contributed by atoms with Gasteiger partial charge in [0, 0.05) is 17.7 Å². The largest absolute Gasteiger partial charge is 0.356 e. The maximum Gasteiger partial charge on any atom is 0.244 e. The van der Waals surface area contributed by atoms with Crippen LogP contribution >= 0.6 is 0 Å². The van der Waals surface area contributed by atoms with Crippen LogP contribution in [0.2, 0.25) is 0 Å². The lowest BCUT2D eigenvalue weighted by Gasteiger charge is -2.10. The van der Waals surface area contributed by atoms with Gasteiger partial charge in [-0.25, -0.2) is 13.1 Å². The van der Waals surface area contributed by atoms with Crippen molar-refractivity contribution in [2.24, 2.45) is 0 Å². The van der Waals surface area contributed by atoms with Gasteiger partial charge >= 0.3 is 0 Å². The molecule has 1 aliphatic carbocycles. The van der Waals surface area contributed by atoms with Gasteiger partial charge in [0.1, 0.15) is 0 Å². The minimum Gasteiger partial charge on any atom is -0.356 e. The second-order valence-corrected chi connectivity index (χ2v) is 8.88. The van der Waals surface area contributed by atoms with Gasteiger partial charge in [-0.05, 0) is 31.9 Å². The van der Waals surface area contributed by atoms with Crippen molar-refractivity contribution in [3.63, 3.8) is 0 Å². The van der Waals surface area contributed by atoms with E-state index in [1.165, 1.54) is 12.8 Å². The smallest absolute Gasteiger partial charge is 0.244 e. The highest BCUT2D eigenvalue weighted by Crippen LogP contribution is 2.32. The third-order valence-electron chi connectivity index (χ3n) is 4.96. The molecular formula is C18H22N4O4S. The number of para-hydroxylation sites is 1. The van der Waals surface area contributed by atoms with Crippen molar-refractivity contribution >= 4 is 21.0 Å². The molecule has 1 atom stereocenters. The van der Waals surface area contributed by atoms with Crippen LogP contribution in [0.5, 0.6) is 0 Å². The third-order valence-corrected chi connectivity index (χ3v) is 6.42. The molecule has 144 valence electrons. The van der Waals surface area contributed by atoms with Gasteiger partial charge in [-0.15, -0.1) is 0 Å². The number of benzene rings is 1. The molecule has 27 heavy (non-hydrogen) atoms. The zero-order valence-electron chi connectivity index (χ0n) is 15.1. The molecule has 1 saturated carbocycles. The van der Waals surface area contributed by atoms with Gasteiger partial charge in [-0.3, -0.25) is 0 Å². The molecule has 1 unspecified atom stereocenters. The summed E-state index contributed by atoms with van der Waals surface area (Å²) in [6.45, 7) is 1.70. The van der Waals surface area contributed by atoms with Gasteiger partial charge in [-0.2, -0.15) is 4.98 Å². The summed E-state index contributed by atoms with van der Waals surface area (Å²) in [6, 6.07) is 6.81. The van der Waals surface area contributed by atoms with Crippen molar-refractivity contribution in [2.45, 2.75) is 51.0 Å². The van der Waals surface area contributed by atoms with Gasteiger partial charge in [0.05, 0.1) is 17.5 Å². The van der Waals surface area contributed by atoms with Crippen molar-refractivity contribution in [2.75, 3.05) is 5.75 Å². The number of fused-ring (bicyclic) bond motifs is 1. The van der Waals surface area contributed by atoms with E-state index >= 15 is 0 Å². The van der Waals surface area contributed by atoms with Crippen LogP contribution in [-0.4, -0.2) is 29.5 Å². The SMILES string of the molecule is CC(NS(=O)(=O)CCc1noc2ccccc12)c1nc(C2CCCC2)no1. The fraction of sp³-hybridized carbons (Fsp3) is 0.500. The Kier molecular flexibility index (Phi) is 4.96. The van der Waals surface area contributed by atoms with Gasteiger partial charge in [-0.1, -0.05) is 35.3 Å². The van der Waals surface area contributed by atoms with E-state index in [-0.39, 0.29) is 12.2 Å². The number of nitrogens with one attached hydrogen (secondary N) is 1. The molecule has 8 nitrogen and oxygen atoms in total. The first-order valence-corrected chi connectivity index (χ1v) is 10.8. The zero-order valence-corrected chi connectivity index (χ0v) is 15.9. The second kappa shape index (κ2) is 7.40. The molecule has 0 radical (unpaired) electrons. The Morgan fingerprint density at radius 2 is 1.96 bits per heavy atom. The number of nitrogens with zero attached hydrogens (tertiary/aromatic N) is 3. The van der Waals surface area contributed by atoms with Crippen molar-refractivity contribution in [3.8, 4) is 0 Å². The van der Waals surface area contributed by atoms with E-state index in [9.17, 15) is 8.42 Å². The molecule has 2 heterocycles. The maximum absolute atomic E-state index is 12.4. The summed E-state index contributed by atoms with van der Waals surface area (Å²) >= 11 is 0. The van der Waals surface area contributed by atoms with Crippen molar-refractivity contribution in [3.05, 3.63) is 41.7 Å². The summed E-state index contributed by atoms with van der Waals surface area (Å²) in [5.74, 6) is 1.21. The summed E-state index contributed by atoms with van der Waals surface area (Å²) in [5.41, 5.74) is 1.28. The predicted molar refractivity (Wildman–Crippen MR) is 98.6 cm³/mol. The second-order valence-electron chi connectivity index (χ2n) is 7.01. The predicted octanol–water partition coefficient (Wildman–Crippen LogP) is 3.09. The molecule has 9 heteroatoms. The molecule has 1 N–H and O–H groups in total. The van der Waals surface area contributed by atoms with Gasteiger partial charge in [0.25, 0.3) is 0 Å². The average molecular weight is 390 g/mol. The Balaban J connectivity index is 1.39. The normalized spacial score (nSPS) is 16.9. The molecule has 1 fully saturated rings. The highest BCUT2D eigenvalue weighted by atomic mass is 32.2. The first kappa shape index (κ1) is 18.1. The Bertz CT molecular complexity index is 1020. The number of rotatable bonds is 7. The molecular weight excluding hydrogens is 368 g/mol. The van der Waals surface area contributed by atoms with E-state index in [0.29, 0.717) is 28.9 Å². The molecule has 0 bridgehead atoms. The monoisotopic (exact) mass is 390 g/mol. The first-order chi connectivity index (χ1) is 13.0. The molecule has 1 aromatic carbocycles. The molecule has 0 saturated heterocycles. The molecule has 0 amide bonds. The van der Waals surface area contributed by atoms with Crippen LogP contribution in [0.4, 0.5) is 0 Å². The summed E-state index contributed by atoms with van der Waals surface area (Å²) < 4.78 is 38.0. The Morgan fingerprint density at radius 3 is 2.78 bits per heavy atom. The summed E-state index contributed by atoms with van der Waals surface area (Å²) in [5, 5.41) is 8.83. The molecule has 3 aromatic rings. The van der Waals surface area contributed by atoms with Crippen LogP contribution in [0.3, 0.4) is 0 Å². The third kappa shape index (κ3) is 4.03. The summed E-state index contributed by atoms with van der Waals surface area (Å²) in [7, 11) is -3.54. The summed E-state index contributed by atoms with van der Waals surface area (Å²) in [4.78, 5) is 4.40. The molecule has 0 aliphatic heterocycles. The number of aryl methyl sites for hydroxylation is 1. The lowest BCUT2D eigenvalue weighted by Crippen LogP contribution is -2.30. The molecule has 4 rings (SSSR count). The number of sulfonamides is 1. The summed E-state index contributed by atoms with van der Waals surface area (Å²) in [6.07, 6.45) is 4.73. The van der Waals surface area contributed by atoms with E-state index in [0.717, 1.165) is 18.2 Å². The lowest BCUT2D eigenvalue weighted by molar-refractivity contribution is 0.347. The quantitative estimate of drug-likeness (QED) is 0.660. The minimum atomic E-state index is -3.54. The highest BCUT2D eigenvalue weighted by Gasteiger charge is 2.26. The van der Waals surface area contributed by atoms with Crippen molar-refractivity contribution < 1.29 is 17.5 Å². The topological polar surface area (TPSA) is 111 Å². The van der Waals surface area contributed by atoms with Crippen LogP contribution in [0.1, 0.15) is 62.0 Å². The minimum absolute atomic E-state index is 0.0997. The fourth-order valence-corrected chi connectivity index (χ4v) is 4.72. The van der Waals surface area contributed by atoms with Gasteiger partial charge in [0.15, 0.2) is 11.4 Å². The Labute approximate surface area is 157 Å². The fourth-order valence-electron chi connectivity index (χ4n) is 3.50. The standard InChI is InChI=1S/C18H22N4O4S/c1-12(18-19-17(21-26-18)13-6-2-3-7-13)22-27(23,24)11-10-15-14-8-4-5-9-16(14)25-20-15/h4-5,8-9,12-13,22H,2-3,6-7,10-11H2,1H3. The number of hydrogen-bond donors (Lipinski definition) is 1. The van der Waals surface area contributed by atoms with E-state index < -0.39 is 16.1 Å². The Morgan fingerprint density at radius 1 is 1.19 bits per heavy atom. The van der Waals surface area contributed by atoms with E-state index in [1.54, 1.807) is 13.0 Å². The highest BCUT2D eigenvalue weighted by molar-refractivity contribution is 7.89. The van der Waals surface area contributed by atoms with Crippen LogP contribution in [0.15, 0.2) is 33.3 Å². The van der Waals surface area contributed by atoms with Crippen molar-refractivity contribution in [1.29, 1.82) is 0 Å². The first-order valence-electron chi connectivity index (χ1n) is 9.18. The molecule has 0 spiro atoms. The zero-order chi connectivity index (χ0) is 18.9. The van der Waals surface area contributed by atoms with Gasteiger partial charge in [0.2, 0.25) is 15.9 Å². The van der Waals surface area contributed by atoms with Crippen LogP contribution < -0.4 is 4.72 Å². The van der Waals surface area contributed by atoms with E-state index in [2.05, 4.69) is 20.0 Å². The maximum atomic E-state index is 12.4. The van der Waals surface area contributed by atoms with E-state index in [4.69, 9.17) is 9.05 Å². The Hall–Kier alpha value is -2.26.